The highest BCUT2D eigenvalue weighted by atomic mass is 16.4. The van der Waals surface area contributed by atoms with Crippen LogP contribution in [0.15, 0.2) is 21.4 Å². The zero-order chi connectivity index (χ0) is 19.6. The number of fused-ring (bicyclic) bond motifs is 2. The van der Waals surface area contributed by atoms with E-state index in [1.807, 2.05) is 6.92 Å². The number of aryl methyl sites for hydroxylation is 1. The van der Waals surface area contributed by atoms with E-state index in [2.05, 4.69) is 38.7 Å². The fourth-order valence-corrected chi connectivity index (χ4v) is 4.71. The van der Waals surface area contributed by atoms with Gasteiger partial charge in [-0.1, -0.05) is 27.7 Å². The van der Waals surface area contributed by atoms with Crippen molar-refractivity contribution < 1.29 is 9.21 Å². The average Bonchev–Trinajstić information content (AvgIpc) is 2.59. The lowest BCUT2D eigenvalue weighted by atomic mass is 9.69. The van der Waals surface area contributed by atoms with Crippen LogP contribution in [0.25, 0.3) is 17.0 Å². The maximum Gasteiger partial charge on any atom is 0.343 e. The van der Waals surface area contributed by atoms with Gasteiger partial charge in [-0.15, -0.1) is 0 Å². The predicted octanol–water partition coefficient (Wildman–Crippen LogP) is 4.48. The minimum absolute atomic E-state index is 0.0595. The number of aldehydes is 1. The molecule has 0 fully saturated rings. The summed E-state index contributed by atoms with van der Waals surface area (Å²) in [5.41, 5.74) is 5.47. The summed E-state index contributed by atoms with van der Waals surface area (Å²) in [7, 11) is 0. The molecule has 0 spiro atoms. The maximum absolute atomic E-state index is 12.7. The van der Waals surface area contributed by atoms with Crippen molar-refractivity contribution in [2.24, 2.45) is 0 Å². The molecule has 27 heavy (non-hydrogen) atoms. The Kier molecular flexibility index (Phi) is 3.88. The van der Waals surface area contributed by atoms with E-state index in [4.69, 9.17) is 4.42 Å². The Morgan fingerprint density at radius 3 is 2.44 bits per heavy atom. The molecular weight excluding hydrogens is 338 g/mol. The summed E-state index contributed by atoms with van der Waals surface area (Å²) in [4.78, 5) is 25.9. The van der Waals surface area contributed by atoms with Gasteiger partial charge < -0.3 is 9.32 Å². The monoisotopic (exact) mass is 365 g/mol. The molecule has 0 saturated carbocycles. The number of carbonyl (C=O) groups excluding carboxylic acids is 1. The van der Waals surface area contributed by atoms with Gasteiger partial charge >= 0.3 is 5.63 Å². The van der Waals surface area contributed by atoms with Gasteiger partial charge in [-0.3, -0.25) is 4.79 Å². The van der Waals surface area contributed by atoms with E-state index in [0.717, 1.165) is 36.9 Å². The Morgan fingerprint density at radius 1 is 1.11 bits per heavy atom. The standard InChI is InChI=1S/C23H27NO3/c1-14-15(7-6-12-25)21(26)27-20-16(14)13-17-19-18(20)23(4,5)9-11-24(19)10-8-22(17,2)3/h6-7,12-13H,8-11H2,1-5H3/b7-6+. The molecular formula is C23H27NO3. The van der Waals surface area contributed by atoms with Gasteiger partial charge in [-0.2, -0.15) is 0 Å². The van der Waals surface area contributed by atoms with Crippen LogP contribution in [0, 0.1) is 6.92 Å². The Bertz CT molecular complexity index is 1040. The Morgan fingerprint density at radius 2 is 1.78 bits per heavy atom. The summed E-state index contributed by atoms with van der Waals surface area (Å²) < 4.78 is 5.90. The minimum Gasteiger partial charge on any atom is -0.422 e. The number of hydrogen-bond acceptors (Lipinski definition) is 4. The van der Waals surface area contributed by atoms with Crippen molar-refractivity contribution in [2.75, 3.05) is 18.0 Å². The summed E-state index contributed by atoms with van der Waals surface area (Å²) in [5.74, 6) is 0. The molecule has 0 radical (unpaired) electrons. The highest BCUT2D eigenvalue weighted by Crippen LogP contribution is 2.52. The summed E-state index contributed by atoms with van der Waals surface area (Å²) in [6, 6.07) is 2.22. The van der Waals surface area contributed by atoms with Crippen LogP contribution in [0.2, 0.25) is 0 Å². The molecule has 1 aromatic carbocycles. The summed E-state index contributed by atoms with van der Waals surface area (Å²) in [6.07, 6.45) is 5.74. The average molecular weight is 365 g/mol. The van der Waals surface area contributed by atoms with Crippen molar-refractivity contribution in [3.8, 4) is 0 Å². The molecule has 4 nitrogen and oxygen atoms in total. The van der Waals surface area contributed by atoms with E-state index in [9.17, 15) is 9.59 Å². The van der Waals surface area contributed by atoms with Crippen molar-refractivity contribution in [1.82, 2.24) is 0 Å². The lowest BCUT2D eigenvalue weighted by Crippen LogP contribution is -2.44. The third-order valence-electron chi connectivity index (χ3n) is 6.55. The van der Waals surface area contributed by atoms with Gasteiger partial charge in [0.15, 0.2) is 0 Å². The van der Waals surface area contributed by atoms with Crippen LogP contribution in [-0.4, -0.2) is 19.4 Å². The number of carbonyl (C=O) groups is 1. The van der Waals surface area contributed by atoms with Gasteiger partial charge in [0.05, 0.1) is 5.56 Å². The van der Waals surface area contributed by atoms with Crippen LogP contribution in [0.4, 0.5) is 5.69 Å². The summed E-state index contributed by atoms with van der Waals surface area (Å²) >= 11 is 0. The smallest absolute Gasteiger partial charge is 0.343 e. The van der Waals surface area contributed by atoms with Gasteiger partial charge in [0.2, 0.25) is 0 Å². The number of anilines is 1. The summed E-state index contributed by atoms with van der Waals surface area (Å²) in [5, 5.41) is 0.985. The molecule has 0 saturated heterocycles. The second-order valence-electron chi connectivity index (χ2n) is 9.20. The number of hydrogen-bond donors (Lipinski definition) is 0. The molecule has 2 aliphatic rings. The van der Waals surface area contributed by atoms with Crippen molar-refractivity contribution in [3.63, 3.8) is 0 Å². The molecule has 0 atom stereocenters. The van der Waals surface area contributed by atoms with E-state index < -0.39 is 0 Å². The largest absolute Gasteiger partial charge is 0.422 e. The first-order chi connectivity index (χ1) is 12.7. The fraction of sp³-hybridized carbons (Fsp3) is 0.478. The van der Waals surface area contributed by atoms with Crippen LogP contribution in [0.5, 0.6) is 0 Å². The van der Waals surface area contributed by atoms with Crippen molar-refractivity contribution in [3.05, 3.63) is 44.8 Å². The quantitative estimate of drug-likeness (QED) is 0.447. The third kappa shape index (κ3) is 2.57. The van der Waals surface area contributed by atoms with Crippen LogP contribution < -0.4 is 10.5 Å². The Hall–Kier alpha value is -2.36. The molecule has 0 amide bonds. The maximum atomic E-state index is 12.7. The topological polar surface area (TPSA) is 50.5 Å². The highest BCUT2D eigenvalue weighted by molar-refractivity contribution is 5.94. The Labute approximate surface area is 159 Å². The Balaban J connectivity index is 2.18. The molecule has 0 unspecified atom stereocenters. The zero-order valence-corrected chi connectivity index (χ0v) is 16.8. The molecule has 2 aromatic rings. The minimum atomic E-state index is -0.378. The second-order valence-corrected chi connectivity index (χ2v) is 9.20. The fourth-order valence-electron chi connectivity index (χ4n) is 4.71. The van der Waals surface area contributed by atoms with Crippen LogP contribution in [0.1, 0.15) is 62.8 Å². The van der Waals surface area contributed by atoms with Gasteiger partial charge in [0.25, 0.3) is 0 Å². The normalized spacial score (nSPS) is 20.1. The van der Waals surface area contributed by atoms with E-state index in [1.54, 1.807) is 6.08 Å². The third-order valence-corrected chi connectivity index (χ3v) is 6.55. The van der Waals surface area contributed by atoms with E-state index in [0.29, 0.717) is 17.4 Å². The van der Waals surface area contributed by atoms with Gasteiger partial charge in [0.1, 0.15) is 11.9 Å². The molecule has 0 bridgehead atoms. The molecule has 3 heterocycles. The van der Waals surface area contributed by atoms with Crippen LogP contribution in [-0.2, 0) is 15.6 Å². The molecule has 4 heteroatoms. The molecule has 142 valence electrons. The van der Waals surface area contributed by atoms with E-state index in [1.165, 1.54) is 22.9 Å². The SMILES string of the molecule is Cc1c(/C=C/C=O)c(=O)oc2c3c4c(cc12)C(C)(C)CCN4CCC3(C)C. The van der Waals surface area contributed by atoms with Crippen molar-refractivity contribution >= 4 is 29.0 Å². The molecule has 4 rings (SSSR count). The second kappa shape index (κ2) is 5.82. The number of allylic oxidation sites excluding steroid dienone is 1. The first-order valence-corrected chi connectivity index (χ1v) is 9.69. The van der Waals surface area contributed by atoms with E-state index >= 15 is 0 Å². The van der Waals surface area contributed by atoms with E-state index in [-0.39, 0.29) is 16.5 Å². The van der Waals surface area contributed by atoms with Crippen LogP contribution >= 0.6 is 0 Å². The van der Waals surface area contributed by atoms with Gasteiger partial charge in [-0.25, -0.2) is 4.79 Å². The number of benzene rings is 1. The van der Waals surface area contributed by atoms with Crippen molar-refractivity contribution in [2.45, 2.75) is 58.3 Å². The summed E-state index contributed by atoms with van der Waals surface area (Å²) in [6.45, 7) is 13.1. The number of rotatable bonds is 2. The highest BCUT2D eigenvalue weighted by Gasteiger charge is 2.42. The van der Waals surface area contributed by atoms with Crippen LogP contribution in [0.3, 0.4) is 0 Å². The molecule has 0 aliphatic carbocycles. The predicted molar refractivity (Wildman–Crippen MR) is 110 cm³/mol. The first-order valence-electron chi connectivity index (χ1n) is 9.69. The first kappa shape index (κ1) is 18.0. The van der Waals surface area contributed by atoms with Gasteiger partial charge in [0, 0.05) is 29.7 Å². The van der Waals surface area contributed by atoms with Gasteiger partial charge in [-0.05, 0) is 59.9 Å². The molecule has 1 aromatic heterocycles. The molecule has 0 N–H and O–H groups in total. The lowest BCUT2D eigenvalue weighted by Gasteiger charge is -2.48. The van der Waals surface area contributed by atoms with Crippen molar-refractivity contribution in [1.29, 1.82) is 0 Å². The molecule has 2 aliphatic heterocycles. The number of nitrogens with zero attached hydrogens (tertiary/aromatic N) is 1. The lowest BCUT2D eigenvalue weighted by molar-refractivity contribution is -0.104. The zero-order valence-electron chi connectivity index (χ0n) is 16.8.